The summed E-state index contributed by atoms with van der Waals surface area (Å²) >= 11 is 6.05. The second kappa shape index (κ2) is 8.01. The number of hydrogen-bond acceptors (Lipinski definition) is 4. The molecule has 0 aliphatic carbocycles. The molecule has 0 radical (unpaired) electrons. The second-order valence-electron chi connectivity index (χ2n) is 6.14. The van der Waals surface area contributed by atoms with Gasteiger partial charge in [0.25, 0.3) is 5.91 Å². The Kier molecular flexibility index (Phi) is 5.52. The largest absolute Gasteiger partial charge is 0.354 e. The number of halogens is 1. The van der Waals surface area contributed by atoms with Crippen LogP contribution in [-0.2, 0) is 0 Å². The van der Waals surface area contributed by atoms with Crippen molar-refractivity contribution in [2.24, 2.45) is 0 Å². The van der Waals surface area contributed by atoms with Gasteiger partial charge in [-0.3, -0.25) is 14.6 Å². The van der Waals surface area contributed by atoms with E-state index in [1.807, 2.05) is 25.1 Å². The number of Topliss-reactive ketones (excluding diaryl/α,β-unsaturated/α-hetero) is 1. The van der Waals surface area contributed by atoms with Gasteiger partial charge in [-0.25, -0.2) is 0 Å². The van der Waals surface area contributed by atoms with E-state index < -0.39 is 0 Å². The number of nitrogens with zero attached hydrogens (tertiary/aromatic N) is 1. The van der Waals surface area contributed by atoms with Gasteiger partial charge in [-0.05, 0) is 49.7 Å². The number of anilines is 3. The Morgan fingerprint density at radius 1 is 0.963 bits per heavy atom. The fourth-order valence-corrected chi connectivity index (χ4v) is 2.71. The van der Waals surface area contributed by atoms with Gasteiger partial charge in [0.15, 0.2) is 5.78 Å². The van der Waals surface area contributed by atoms with Crippen molar-refractivity contribution in [2.75, 3.05) is 10.6 Å². The van der Waals surface area contributed by atoms with Crippen LogP contribution >= 0.6 is 11.6 Å². The predicted molar refractivity (Wildman–Crippen MR) is 108 cm³/mol. The Morgan fingerprint density at radius 2 is 1.74 bits per heavy atom. The Balaban J connectivity index is 1.78. The maximum atomic E-state index is 12.5. The minimum absolute atomic E-state index is 0.0594. The van der Waals surface area contributed by atoms with Gasteiger partial charge < -0.3 is 10.6 Å². The summed E-state index contributed by atoms with van der Waals surface area (Å²) in [7, 11) is 0. The van der Waals surface area contributed by atoms with Crippen molar-refractivity contribution in [3.05, 3.63) is 82.6 Å². The van der Waals surface area contributed by atoms with Crippen molar-refractivity contribution in [3.8, 4) is 0 Å². The third-order valence-corrected chi connectivity index (χ3v) is 4.24. The summed E-state index contributed by atoms with van der Waals surface area (Å²) < 4.78 is 0. The molecule has 0 fully saturated rings. The van der Waals surface area contributed by atoms with E-state index in [4.69, 9.17) is 11.6 Å². The van der Waals surface area contributed by atoms with Crippen LogP contribution in [0.2, 0.25) is 5.02 Å². The molecule has 1 amide bonds. The van der Waals surface area contributed by atoms with E-state index in [0.717, 1.165) is 11.3 Å². The van der Waals surface area contributed by atoms with Crippen LogP contribution in [0.4, 0.5) is 17.1 Å². The average Bonchev–Trinajstić information content (AvgIpc) is 2.65. The van der Waals surface area contributed by atoms with E-state index in [0.29, 0.717) is 27.5 Å². The normalized spacial score (nSPS) is 10.3. The molecule has 0 aliphatic rings. The lowest BCUT2D eigenvalue weighted by Crippen LogP contribution is -2.13. The second-order valence-corrected chi connectivity index (χ2v) is 6.57. The molecule has 5 nitrogen and oxygen atoms in total. The Labute approximate surface area is 162 Å². The number of benzene rings is 2. The summed E-state index contributed by atoms with van der Waals surface area (Å²) in [6.45, 7) is 3.45. The van der Waals surface area contributed by atoms with E-state index in [2.05, 4.69) is 15.6 Å². The van der Waals surface area contributed by atoms with Crippen molar-refractivity contribution in [1.82, 2.24) is 4.98 Å². The molecule has 2 aromatic carbocycles. The lowest BCUT2D eigenvalue weighted by molar-refractivity contribution is 0.101. The van der Waals surface area contributed by atoms with Crippen LogP contribution in [0.25, 0.3) is 0 Å². The average molecular weight is 380 g/mol. The number of pyridine rings is 1. The molecule has 0 atom stereocenters. The molecule has 0 saturated carbocycles. The first-order valence-corrected chi connectivity index (χ1v) is 8.71. The molecular weight excluding hydrogens is 362 g/mol. The summed E-state index contributed by atoms with van der Waals surface area (Å²) in [5.41, 5.74) is 4.03. The summed E-state index contributed by atoms with van der Waals surface area (Å²) in [5, 5.41) is 6.63. The highest BCUT2D eigenvalue weighted by Gasteiger charge is 2.10. The Bertz CT molecular complexity index is 1020. The number of aromatic nitrogens is 1. The molecular formula is C21H18ClN3O2. The minimum atomic E-state index is -0.310. The fourth-order valence-electron chi connectivity index (χ4n) is 2.54. The summed E-state index contributed by atoms with van der Waals surface area (Å²) in [4.78, 5) is 28.1. The van der Waals surface area contributed by atoms with E-state index in [-0.39, 0.29) is 11.7 Å². The topological polar surface area (TPSA) is 71.1 Å². The zero-order valence-electron chi connectivity index (χ0n) is 14.9. The Hall–Kier alpha value is -3.18. The third-order valence-electron chi connectivity index (χ3n) is 4.01. The minimum Gasteiger partial charge on any atom is -0.354 e. The molecule has 136 valence electrons. The number of carbonyl (C=O) groups is 2. The molecule has 0 bridgehead atoms. The van der Waals surface area contributed by atoms with Gasteiger partial charge in [0, 0.05) is 28.2 Å². The van der Waals surface area contributed by atoms with E-state index in [1.54, 1.807) is 36.5 Å². The van der Waals surface area contributed by atoms with Crippen LogP contribution in [0.3, 0.4) is 0 Å². The molecule has 6 heteroatoms. The van der Waals surface area contributed by atoms with Gasteiger partial charge in [0.1, 0.15) is 0 Å². The number of carbonyl (C=O) groups excluding carboxylic acids is 2. The molecule has 0 spiro atoms. The Morgan fingerprint density at radius 3 is 2.52 bits per heavy atom. The molecule has 3 rings (SSSR count). The lowest BCUT2D eigenvalue weighted by Gasteiger charge is -2.11. The number of amides is 1. The van der Waals surface area contributed by atoms with Gasteiger partial charge in [-0.2, -0.15) is 0 Å². The van der Waals surface area contributed by atoms with E-state index in [1.165, 1.54) is 13.1 Å². The zero-order valence-corrected chi connectivity index (χ0v) is 15.7. The standard InChI is InChI=1S/C21H18ClN3O2/c1-13-6-7-17(22)10-20(13)24-19-9-16(11-23-12-19)21(27)25-18-5-3-4-15(8-18)14(2)26/h3-12,24H,1-2H3,(H,25,27). The van der Waals surface area contributed by atoms with Gasteiger partial charge in [0.2, 0.25) is 0 Å². The summed E-state index contributed by atoms with van der Waals surface area (Å²) in [5.74, 6) is -0.370. The molecule has 3 aromatic rings. The monoisotopic (exact) mass is 379 g/mol. The smallest absolute Gasteiger partial charge is 0.257 e. The van der Waals surface area contributed by atoms with Crippen LogP contribution in [-0.4, -0.2) is 16.7 Å². The van der Waals surface area contributed by atoms with E-state index >= 15 is 0 Å². The zero-order chi connectivity index (χ0) is 19.4. The highest BCUT2D eigenvalue weighted by Crippen LogP contribution is 2.24. The van der Waals surface area contributed by atoms with Crippen molar-refractivity contribution >= 4 is 40.4 Å². The quantitative estimate of drug-likeness (QED) is 0.594. The van der Waals surface area contributed by atoms with Crippen molar-refractivity contribution in [1.29, 1.82) is 0 Å². The van der Waals surface area contributed by atoms with Gasteiger partial charge in [-0.15, -0.1) is 0 Å². The number of rotatable bonds is 5. The first-order chi connectivity index (χ1) is 12.9. The van der Waals surface area contributed by atoms with Crippen molar-refractivity contribution in [3.63, 3.8) is 0 Å². The van der Waals surface area contributed by atoms with Crippen LogP contribution in [0.5, 0.6) is 0 Å². The number of aryl methyl sites for hydroxylation is 1. The highest BCUT2D eigenvalue weighted by molar-refractivity contribution is 6.30. The molecule has 0 aliphatic heterocycles. The SMILES string of the molecule is CC(=O)c1cccc(NC(=O)c2cncc(Nc3cc(Cl)ccc3C)c2)c1. The van der Waals surface area contributed by atoms with Crippen LogP contribution in [0.15, 0.2) is 60.9 Å². The first kappa shape index (κ1) is 18.6. The number of hydrogen-bond donors (Lipinski definition) is 2. The molecule has 0 saturated heterocycles. The maximum absolute atomic E-state index is 12.5. The van der Waals surface area contributed by atoms with Crippen LogP contribution < -0.4 is 10.6 Å². The number of nitrogens with one attached hydrogen (secondary N) is 2. The van der Waals surface area contributed by atoms with Crippen LogP contribution in [0, 0.1) is 6.92 Å². The first-order valence-electron chi connectivity index (χ1n) is 8.33. The fraction of sp³-hybridized carbons (Fsp3) is 0.0952. The van der Waals surface area contributed by atoms with Crippen LogP contribution in [0.1, 0.15) is 33.2 Å². The third kappa shape index (κ3) is 4.71. The molecule has 1 aromatic heterocycles. The van der Waals surface area contributed by atoms with Gasteiger partial charge in [0.05, 0.1) is 17.4 Å². The molecule has 27 heavy (non-hydrogen) atoms. The summed E-state index contributed by atoms with van der Waals surface area (Å²) in [6, 6.07) is 14.1. The molecule has 1 heterocycles. The molecule has 0 unspecified atom stereocenters. The van der Waals surface area contributed by atoms with Gasteiger partial charge >= 0.3 is 0 Å². The van der Waals surface area contributed by atoms with Gasteiger partial charge in [-0.1, -0.05) is 29.8 Å². The summed E-state index contributed by atoms with van der Waals surface area (Å²) in [6.07, 6.45) is 3.12. The maximum Gasteiger partial charge on any atom is 0.257 e. The lowest BCUT2D eigenvalue weighted by atomic mass is 10.1. The molecule has 2 N–H and O–H groups in total. The van der Waals surface area contributed by atoms with E-state index in [9.17, 15) is 9.59 Å². The van der Waals surface area contributed by atoms with Crippen molar-refractivity contribution in [2.45, 2.75) is 13.8 Å². The highest BCUT2D eigenvalue weighted by atomic mass is 35.5. The number of ketones is 1. The predicted octanol–water partition coefficient (Wildman–Crippen LogP) is 5.24. The van der Waals surface area contributed by atoms with Crippen molar-refractivity contribution < 1.29 is 9.59 Å².